The predicted octanol–water partition coefficient (Wildman–Crippen LogP) is 6.74. The van der Waals surface area contributed by atoms with Gasteiger partial charge in [0, 0.05) is 11.3 Å². The summed E-state index contributed by atoms with van der Waals surface area (Å²) in [6.07, 6.45) is 0.814. The molecule has 0 aromatic heterocycles. The molecule has 5 heteroatoms. The molecule has 2 aromatic rings. The van der Waals surface area contributed by atoms with Crippen molar-refractivity contribution in [2.24, 2.45) is 11.8 Å². The fraction of sp³-hybridized carbons (Fsp3) is 0.455. The minimum atomic E-state index is -4.36. The molecule has 146 valence electrons. The van der Waals surface area contributed by atoms with Gasteiger partial charge in [0.1, 0.15) is 5.75 Å². The summed E-state index contributed by atoms with van der Waals surface area (Å²) in [5, 5.41) is 0.0255. The molecule has 1 aliphatic rings. The topological polar surface area (TPSA) is 9.23 Å². The van der Waals surface area contributed by atoms with Gasteiger partial charge in [-0.25, -0.2) is 0 Å². The Kier molecular flexibility index (Phi) is 6.69. The molecule has 1 saturated carbocycles. The number of ether oxygens (including phenoxy) is 1. The summed E-state index contributed by atoms with van der Waals surface area (Å²) in [5.74, 6) is 0.891. The quantitative estimate of drug-likeness (QED) is 0.471. The number of benzene rings is 2. The van der Waals surface area contributed by atoms with Gasteiger partial charge in [-0.15, -0.1) is 11.6 Å². The summed E-state index contributed by atoms with van der Waals surface area (Å²) in [7, 11) is 0. The first kappa shape index (κ1) is 20.1. The molecule has 27 heavy (non-hydrogen) atoms. The van der Waals surface area contributed by atoms with Crippen LogP contribution in [-0.2, 0) is 12.6 Å². The Labute approximate surface area is 163 Å². The lowest BCUT2D eigenvalue weighted by Gasteiger charge is -2.22. The number of hydrogen-bond acceptors (Lipinski definition) is 1. The van der Waals surface area contributed by atoms with Crippen molar-refractivity contribution >= 4 is 11.6 Å². The maximum Gasteiger partial charge on any atom is 0.416 e. The first-order valence-corrected chi connectivity index (χ1v) is 9.85. The minimum Gasteiger partial charge on any atom is -0.493 e. The van der Waals surface area contributed by atoms with E-state index in [9.17, 15) is 13.2 Å². The van der Waals surface area contributed by atoms with Crippen LogP contribution in [0.4, 0.5) is 13.2 Å². The monoisotopic (exact) mass is 396 g/mol. The molecular formula is C22H24ClF3O. The van der Waals surface area contributed by atoms with Crippen molar-refractivity contribution in [1.29, 1.82) is 0 Å². The number of alkyl halides is 4. The molecule has 0 amide bonds. The van der Waals surface area contributed by atoms with E-state index in [1.165, 1.54) is 11.6 Å². The van der Waals surface area contributed by atoms with Gasteiger partial charge in [0.25, 0.3) is 0 Å². The van der Waals surface area contributed by atoms with Crippen molar-refractivity contribution < 1.29 is 17.9 Å². The summed E-state index contributed by atoms with van der Waals surface area (Å²) in [4.78, 5) is 0. The first-order chi connectivity index (χ1) is 12.9. The van der Waals surface area contributed by atoms with Crippen molar-refractivity contribution in [1.82, 2.24) is 0 Å². The third-order valence-corrected chi connectivity index (χ3v) is 5.91. The highest BCUT2D eigenvalue weighted by atomic mass is 35.5. The van der Waals surface area contributed by atoms with Crippen LogP contribution in [-0.4, -0.2) is 12.0 Å². The second-order valence-corrected chi connectivity index (χ2v) is 7.79. The average molecular weight is 397 g/mol. The Morgan fingerprint density at radius 3 is 2.52 bits per heavy atom. The highest BCUT2D eigenvalue weighted by molar-refractivity contribution is 6.21. The minimum absolute atomic E-state index is 0.0255. The molecular weight excluding hydrogens is 373 g/mol. The second-order valence-electron chi connectivity index (χ2n) is 7.23. The van der Waals surface area contributed by atoms with Crippen LogP contribution in [0.1, 0.15) is 36.8 Å². The van der Waals surface area contributed by atoms with Gasteiger partial charge in [0.05, 0.1) is 12.2 Å². The molecule has 0 aliphatic heterocycles. The largest absolute Gasteiger partial charge is 0.493 e. The molecule has 0 bridgehead atoms. The third kappa shape index (κ3) is 5.65. The van der Waals surface area contributed by atoms with Crippen LogP contribution in [0.5, 0.6) is 5.75 Å². The first-order valence-electron chi connectivity index (χ1n) is 9.41. The average Bonchev–Trinajstić information content (AvgIpc) is 3.00. The van der Waals surface area contributed by atoms with E-state index in [1.54, 1.807) is 6.07 Å². The lowest BCUT2D eigenvalue weighted by Crippen LogP contribution is -2.23. The van der Waals surface area contributed by atoms with Gasteiger partial charge < -0.3 is 4.74 Å². The van der Waals surface area contributed by atoms with Gasteiger partial charge in [0.15, 0.2) is 0 Å². The van der Waals surface area contributed by atoms with Crippen LogP contribution in [0.15, 0.2) is 54.6 Å². The van der Waals surface area contributed by atoms with Crippen LogP contribution >= 0.6 is 11.6 Å². The van der Waals surface area contributed by atoms with Crippen molar-refractivity contribution in [3.63, 3.8) is 0 Å². The summed E-state index contributed by atoms with van der Waals surface area (Å²) in [5.41, 5.74) is 0.642. The van der Waals surface area contributed by atoms with Gasteiger partial charge in [-0.1, -0.05) is 36.4 Å². The van der Waals surface area contributed by atoms with E-state index in [1.807, 2.05) is 18.2 Å². The molecule has 0 heterocycles. The highest BCUT2D eigenvalue weighted by Gasteiger charge is 2.35. The van der Waals surface area contributed by atoms with E-state index in [0.717, 1.165) is 44.2 Å². The Hall–Kier alpha value is -1.68. The fourth-order valence-electron chi connectivity index (χ4n) is 3.86. The van der Waals surface area contributed by atoms with Crippen LogP contribution in [0.25, 0.3) is 0 Å². The van der Waals surface area contributed by atoms with E-state index >= 15 is 0 Å². The maximum atomic E-state index is 12.8. The Balaban J connectivity index is 1.53. The van der Waals surface area contributed by atoms with Gasteiger partial charge in [0.2, 0.25) is 0 Å². The van der Waals surface area contributed by atoms with Gasteiger partial charge >= 0.3 is 6.18 Å². The van der Waals surface area contributed by atoms with E-state index in [2.05, 4.69) is 12.1 Å². The third-order valence-electron chi connectivity index (χ3n) is 5.37. The zero-order valence-corrected chi connectivity index (χ0v) is 15.8. The van der Waals surface area contributed by atoms with Crippen LogP contribution < -0.4 is 4.74 Å². The molecule has 1 aliphatic carbocycles. The molecule has 3 atom stereocenters. The second kappa shape index (κ2) is 9.01. The number of aryl methyl sites for hydroxylation is 1. The van der Waals surface area contributed by atoms with E-state index in [-0.39, 0.29) is 17.0 Å². The van der Waals surface area contributed by atoms with E-state index in [0.29, 0.717) is 12.5 Å². The molecule has 3 rings (SSSR count). The van der Waals surface area contributed by atoms with Crippen molar-refractivity contribution in [2.45, 2.75) is 43.7 Å². The summed E-state index contributed by atoms with van der Waals surface area (Å²) in [6.45, 7) is 0.367. The van der Waals surface area contributed by atoms with Crippen molar-refractivity contribution in [3.8, 4) is 5.75 Å². The Morgan fingerprint density at radius 1 is 1.00 bits per heavy atom. The summed E-state index contributed by atoms with van der Waals surface area (Å²) < 4.78 is 44.2. The molecule has 0 spiro atoms. The van der Waals surface area contributed by atoms with Crippen molar-refractivity contribution in [3.05, 3.63) is 65.7 Å². The van der Waals surface area contributed by atoms with Crippen LogP contribution in [0, 0.1) is 11.8 Å². The SMILES string of the molecule is FC(F)(F)c1cccc(OC[C@H]2C(Cl)CC[C@@H]2CCCc2ccccc2)c1. The number of halogens is 4. The molecule has 1 unspecified atom stereocenters. The van der Waals surface area contributed by atoms with Crippen LogP contribution in [0.2, 0.25) is 0 Å². The van der Waals surface area contributed by atoms with E-state index < -0.39 is 11.7 Å². The zero-order valence-electron chi connectivity index (χ0n) is 15.1. The number of hydrogen-bond donors (Lipinski definition) is 0. The predicted molar refractivity (Wildman–Crippen MR) is 102 cm³/mol. The molecule has 1 fully saturated rings. The van der Waals surface area contributed by atoms with Crippen LogP contribution in [0.3, 0.4) is 0 Å². The van der Waals surface area contributed by atoms with Gasteiger partial charge in [-0.05, 0) is 61.8 Å². The maximum absolute atomic E-state index is 12.8. The molecule has 0 N–H and O–H groups in total. The molecule has 0 radical (unpaired) electrons. The normalized spacial score (nSPS) is 22.7. The molecule has 2 aromatic carbocycles. The van der Waals surface area contributed by atoms with Gasteiger partial charge in [-0.3, -0.25) is 0 Å². The Bertz CT molecular complexity index is 717. The lowest BCUT2D eigenvalue weighted by atomic mass is 9.90. The van der Waals surface area contributed by atoms with Gasteiger partial charge in [-0.2, -0.15) is 13.2 Å². The summed E-state index contributed by atoms with van der Waals surface area (Å²) >= 11 is 6.48. The zero-order chi connectivity index (χ0) is 19.3. The highest BCUT2D eigenvalue weighted by Crippen LogP contribution is 2.39. The smallest absolute Gasteiger partial charge is 0.416 e. The lowest BCUT2D eigenvalue weighted by molar-refractivity contribution is -0.137. The molecule has 1 nitrogen and oxygen atoms in total. The number of rotatable bonds is 7. The summed E-state index contributed by atoms with van der Waals surface area (Å²) in [6, 6.07) is 15.4. The Morgan fingerprint density at radius 2 is 1.78 bits per heavy atom. The van der Waals surface area contributed by atoms with Crippen molar-refractivity contribution in [2.75, 3.05) is 6.61 Å². The molecule has 0 saturated heterocycles. The fourth-order valence-corrected chi connectivity index (χ4v) is 4.27. The standard InChI is InChI=1S/C22H24ClF3O/c23-21-13-12-17(9-4-8-16-6-2-1-3-7-16)20(21)15-27-19-11-5-10-18(14-19)22(24,25)26/h1-3,5-7,10-11,14,17,20-21H,4,8-9,12-13,15H2/t17-,20+,21?/m0/s1. The van der Waals surface area contributed by atoms with E-state index in [4.69, 9.17) is 16.3 Å².